The van der Waals surface area contributed by atoms with Crippen molar-refractivity contribution in [3.63, 3.8) is 0 Å². The van der Waals surface area contributed by atoms with Crippen LogP contribution in [0.2, 0.25) is 0 Å². The molecule has 0 fully saturated rings. The lowest BCUT2D eigenvalue weighted by Crippen LogP contribution is -2.16. The van der Waals surface area contributed by atoms with Gasteiger partial charge in [-0.1, -0.05) is 30.3 Å². The molecule has 9 nitrogen and oxygen atoms in total. The Morgan fingerprint density at radius 3 is 2.65 bits per heavy atom. The molecule has 10 heteroatoms. The van der Waals surface area contributed by atoms with Crippen LogP contribution in [0.3, 0.4) is 0 Å². The lowest BCUT2D eigenvalue weighted by molar-refractivity contribution is -0.384. The number of nitro benzene ring substituents is 1. The first-order chi connectivity index (χ1) is 19.4. The van der Waals surface area contributed by atoms with E-state index in [0.717, 1.165) is 52.6 Å². The van der Waals surface area contributed by atoms with Gasteiger partial charge in [-0.15, -0.1) is 11.3 Å². The monoisotopic (exact) mass is 554 g/mol. The highest BCUT2D eigenvalue weighted by atomic mass is 32.1. The summed E-state index contributed by atoms with van der Waals surface area (Å²) in [7, 11) is 0. The van der Waals surface area contributed by atoms with Gasteiger partial charge in [0.15, 0.2) is 0 Å². The number of esters is 1. The van der Waals surface area contributed by atoms with Crippen molar-refractivity contribution in [2.75, 3.05) is 11.9 Å². The third-order valence-electron chi connectivity index (χ3n) is 6.86. The second kappa shape index (κ2) is 11.6. The van der Waals surface area contributed by atoms with E-state index in [0.29, 0.717) is 22.7 Å². The summed E-state index contributed by atoms with van der Waals surface area (Å²) in [6.45, 7) is 2.41. The normalized spacial score (nSPS) is 12.9. The molecule has 5 rings (SSSR count). The molecule has 0 radical (unpaired) electrons. The highest BCUT2D eigenvalue weighted by Crippen LogP contribution is 2.39. The Kier molecular flexibility index (Phi) is 7.75. The van der Waals surface area contributed by atoms with E-state index in [2.05, 4.69) is 5.32 Å². The summed E-state index contributed by atoms with van der Waals surface area (Å²) < 4.78 is 7.25. The zero-order valence-corrected chi connectivity index (χ0v) is 22.6. The van der Waals surface area contributed by atoms with Crippen LogP contribution in [0.4, 0.5) is 10.7 Å². The Balaban J connectivity index is 1.46. The number of para-hydroxylation sites is 1. The molecule has 0 atom stereocenters. The lowest BCUT2D eigenvalue weighted by Gasteiger charge is -2.12. The van der Waals surface area contributed by atoms with Gasteiger partial charge in [-0.25, -0.2) is 4.79 Å². The molecule has 1 amide bonds. The van der Waals surface area contributed by atoms with E-state index >= 15 is 0 Å². The number of rotatable bonds is 8. The average molecular weight is 555 g/mol. The summed E-state index contributed by atoms with van der Waals surface area (Å²) in [4.78, 5) is 37.7. The predicted molar refractivity (Wildman–Crippen MR) is 153 cm³/mol. The van der Waals surface area contributed by atoms with E-state index in [1.165, 1.54) is 23.5 Å². The number of non-ortho nitro benzene ring substituents is 1. The molecule has 0 bridgehead atoms. The summed E-state index contributed by atoms with van der Waals surface area (Å²) in [6.07, 6.45) is 6.99. The van der Waals surface area contributed by atoms with Gasteiger partial charge in [-0.05, 0) is 55.9 Å². The van der Waals surface area contributed by atoms with E-state index in [9.17, 15) is 25.0 Å². The second-order valence-electron chi connectivity index (χ2n) is 9.41. The van der Waals surface area contributed by atoms with Gasteiger partial charge in [0.05, 0.1) is 17.1 Å². The summed E-state index contributed by atoms with van der Waals surface area (Å²) in [5, 5.41) is 25.0. The van der Waals surface area contributed by atoms with Gasteiger partial charge < -0.3 is 14.6 Å². The molecule has 4 aromatic rings. The van der Waals surface area contributed by atoms with Crippen molar-refractivity contribution < 1.29 is 19.2 Å². The quantitative estimate of drug-likeness (QED) is 0.0900. The van der Waals surface area contributed by atoms with Crippen LogP contribution in [-0.4, -0.2) is 28.0 Å². The number of aromatic nitrogens is 1. The molecular formula is C30H26N4O5S. The number of anilines is 1. The van der Waals surface area contributed by atoms with Crippen LogP contribution in [0.15, 0.2) is 60.3 Å². The number of nitrogens with zero attached hydrogens (tertiary/aromatic N) is 3. The number of hydrogen-bond acceptors (Lipinski definition) is 7. The molecule has 0 aliphatic heterocycles. The summed E-state index contributed by atoms with van der Waals surface area (Å²) in [6, 6.07) is 16.0. The van der Waals surface area contributed by atoms with E-state index in [1.54, 1.807) is 25.1 Å². The fourth-order valence-corrected chi connectivity index (χ4v) is 6.26. The van der Waals surface area contributed by atoms with Crippen molar-refractivity contribution in [3.8, 4) is 6.07 Å². The van der Waals surface area contributed by atoms with E-state index in [4.69, 9.17) is 4.74 Å². The third-order valence-corrected chi connectivity index (χ3v) is 8.07. The summed E-state index contributed by atoms with van der Waals surface area (Å²) >= 11 is 1.37. The third kappa shape index (κ3) is 5.37. The average Bonchev–Trinajstić information content (AvgIpc) is 3.49. The van der Waals surface area contributed by atoms with Crippen molar-refractivity contribution in [3.05, 3.63) is 97.5 Å². The molecule has 40 heavy (non-hydrogen) atoms. The number of nitrogens with one attached hydrogen (secondary N) is 1. The number of carbonyl (C=O) groups is 2. The molecule has 0 unspecified atom stereocenters. The SMILES string of the molecule is CCOC(=O)c1c(NC(=O)/C(C#N)=C/c2cn(Cc3ccc([N+](=O)[O-])cc3)c3ccccc23)sc2c1CCCC2. The van der Waals surface area contributed by atoms with Crippen LogP contribution in [-0.2, 0) is 28.9 Å². The van der Waals surface area contributed by atoms with Crippen LogP contribution in [0, 0.1) is 21.4 Å². The first-order valence-corrected chi connectivity index (χ1v) is 13.8. The number of thiophene rings is 1. The number of fused-ring (bicyclic) bond motifs is 2. The molecule has 2 aromatic carbocycles. The Labute approximate surface area is 234 Å². The molecule has 2 heterocycles. The highest BCUT2D eigenvalue weighted by Gasteiger charge is 2.28. The van der Waals surface area contributed by atoms with Gasteiger partial charge >= 0.3 is 5.97 Å². The standard InChI is InChI=1S/C30H26N4O5S/c1-2-39-30(36)27-24-8-4-6-10-26(24)40-29(27)32-28(35)20(16-31)15-21-18-33(25-9-5-3-7-23(21)25)17-19-11-13-22(14-12-19)34(37)38/h3,5,7,9,11-15,18H,2,4,6,8,10,17H2,1H3,(H,32,35)/b20-15+. The molecule has 1 aliphatic rings. The number of nitriles is 1. The van der Waals surface area contributed by atoms with Gasteiger partial charge in [-0.3, -0.25) is 14.9 Å². The second-order valence-corrected chi connectivity index (χ2v) is 10.5. The molecule has 0 saturated heterocycles. The fourth-order valence-electron chi connectivity index (χ4n) is 4.99. The maximum atomic E-state index is 13.3. The maximum absolute atomic E-state index is 13.3. The fraction of sp³-hybridized carbons (Fsp3) is 0.233. The number of amides is 1. The van der Waals surface area contributed by atoms with Gasteiger partial charge in [0.2, 0.25) is 0 Å². The maximum Gasteiger partial charge on any atom is 0.341 e. The summed E-state index contributed by atoms with van der Waals surface area (Å²) in [5.74, 6) is -1.06. The number of nitro groups is 1. The Hall–Kier alpha value is -4.75. The molecule has 0 spiro atoms. The largest absolute Gasteiger partial charge is 0.462 e. The topological polar surface area (TPSA) is 127 Å². The highest BCUT2D eigenvalue weighted by molar-refractivity contribution is 7.17. The van der Waals surface area contributed by atoms with Crippen LogP contribution in [0.5, 0.6) is 0 Å². The van der Waals surface area contributed by atoms with Gasteiger partial charge in [-0.2, -0.15) is 5.26 Å². The van der Waals surface area contributed by atoms with Gasteiger partial charge in [0.1, 0.15) is 16.6 Å². The Bertz CT molecular complexity index is 1690. The van der Waals surface area contributed by atoms with E-state index < -0.39 is 16.8 Å². The first kappa shape index (κ1) is 26.8. The zero-order chi connectivity index (χ0) is 28.2. The predicted octanol–water partition coefficient (Wildman–Crippen LogP) is 6.26. The van der Waals surface area contributed by atoms with Gasteiger partial charge in [0, 0.05) is 46.2 Å². The van der Waals surface area contributed by atoms with Crippen molar-refractivity contribution in [1.29, 1.82) is 5.26 Å². The van der Waals surface area contributed by atoms with Crippen LogP contribution in [0.1, 0.15) is 51.7 Å². The van der Waals surface area contributed by atoms with Crippen LogP contribution in [0.25, 0.3) is 17.0 Å². The van der Waals surface area contributed by atoms with E-state index in [-0.39, 0.29) is 17.9 Å². The minimum Gasteiger partial charge on any atom is -0.462 e. The number of hydrogen-bond donors (Lipinski definition) is 1. The molecule has 2 aromatic heterocycles. The minimum atomic E-state index is -0.598. The molecule has 0 saturated carbocycles. The number of aryl methyl sites for hydroxylation is 1. The molecule has 1 N–H and O–H groups in total. The molecule has 202 valence electrons. The van der Waals surface area contributed by atoms with Crippen molar-refractivity contribution in [2.45, 2.75) is 39.2 Å². The van der Waals surface area contributed by atoms with Crippen molar-refractivity contribution >= 4 is 50.9 Å². The zero-order valence-electron chi connectivity index (χ0n) is 21.8. The van der Waals surface area contributed by atoms with Crippen LogP contribution >= 0.6 is 11.3 Å². The minimum absolute atomic E-state index is 0.0205. The number of benzene rings is 2. The van der Waals surface area contributed by atoms with Crippen molar-refractivity contribution in [2.24, 2.45) is 0 Å². The van der Waals surface area contributed by atoms with E-state index in [1.807, 2.05) is 41.1 Å². The van der Waals surface area contributed by atoms with Gasteiger partial charge in [0.25, 0.3) is 11.6 Å². The Morgan fingerprint density at radius 1 is 1.18 bits per heavy atom. The first-order valence-electron chi connectivity index (χ1n) is 13.0. The van der Waals surface area contributed by atoms with Crippen LogP contribution < -0.4 is 5.32 Å². The summed E-state index contributed by atoms with van der Waals surface area (Å²) in [5.41, 5.74) is 3.69. The molecular weight excluding hydrogens is 528 g/mol. The Morgan fingerprint density at radius 2 is 1.93 bits per heavy atom. The number of carbonyl (C=O) groups excluding carboxylic acids is 2. The molecule has 1 aliphatic carbocycles. The number of ether oxygens (including phenoxy) is 1. The smallest absolute Gasteiger partial charge is 0.341 e. The lowest BCUT2D eigenvalue weighted by atomic mass is 9.95. The van der Waals surface area contributed by atoms with Crippen molar-refractivity contribution in [1.82, 2.24) is 4.57 Å².